The van der Waals surface area contributed by atoms with Gasteiger partial charge in [0, 0.05) is 34.1 Å². The maximum absolute atomic E-state index is 14.7. The molecule has 0 aliphatic heterocycles. The molecule has 3 rings (SSSR count). The summed E-state index contributed by atoms with van der Waals surface area (Å²) in [6.45, 7) is -0.887. The van der Waals surface area contributed by atoms with Gasteiger partial charge in [0.15, 0.2) is 0 Å². The average Bonchev–Trinajstić information content (AvgIpc) is 2.90. The molecule has 11 heteroatoms. The SMILES string of the molecule is CNC(=O)C(Cc1ccccc1)N(Cc1ccc(F)cc1)C(=O)CN(c1ccccc1F)S(=O)(=O)N(C)C. The fourth-order valence-corrected chi connectivity index (χ4v) is 4.93. The molecule has 0 aromatic heterocycles. The minimum atomic E-state index is -4.30. The molecule has 1 atom stereocenters. The van der Waals surface area contributed by atoms with Crippen LogP contribution in [0.2, 0.25) is 0 Å². The molecule has 1 N–H and O–H groups in total. The second kappa shape index (κ2) is 12.6. The van der Waals surface area contributed by atoms with E-state index in [4.69, 9.17) is 0 Å². The van der Waals surface area contributed by atoms with E-state index in [-0.39, 0.29) is 18.7 Å². The molecule has 8 nitrogen and oxygen atoms in total. The van der Waals surface area contributed by atoms with Gasteiger partial charge in [0.25, 0.3) is 0 Å². The van der Waals surface area contributed by atoms with Crippen LogP contribution >= 0.6 is 0 Å². The molecule has 1 unspecified atom stereocenters. The normalized spacial score (nSPS) is 12.2. The molecule has 0 aliphatic rings. The van der Waals surface area contributed by atoms with Crippen molar-refractivity contribution in [1.82, 2.24) is 14.5 Å². The first-order valence-corrected chi connectivity index (χ1v) is 13.2. The summed E-state index contributed by atoms with van der Waals surface area (Å²) < 4.78 is 56.2. The first-order chi connectivity index (χ1) is 18.0. The van der Waals surface area contributed by atoms with Crippen molar-refractivity contribution in [3.8, 4) is 0 Å². The zero-order valence-corrected chi connectivity index (χ0v) is 22.2. The summed E-state index contributed by atoms with van der Waals surface area (Å²) in [4.78, 5) is 28.1. The van der Waals surface area contributed by atoms with Crippen LogP contribution in [-0.2, 0) is 32.8 Å². The van der Waals surface area contributed by atoms with Crippen molar-refractivity contribution in [3.63, 3.8) is 0 Å². The Labute approximate surface area is 221 Å². The van der Waals surface area contributed by atoms with Crippen LogP contribution in [0.3, 0.4) is 0 Å². The lowest BCUT2D eigenvalue weighted by molar-refractivity contribution is -0.139. The van der Waals surface area contributed by atoms with Crippen LogP contribution in [0, 0.1) is 11.6 Å². The van der Waals surface area contributed by atoms with Gasteiger partial charge in [0.1, 0.15) is 24.2 Å². The number of nitrogens with zero attached hydrogens (tertiary/aromatic N) is 3. The number of hydrogen-bond acceptors (Lipinski definition) is 4. The van der Waals surface area contributed by atoms with Crippen molar-refractivity contribution in [1.29, 1.82) is 0 Å². The van der Waals surface area contributed by atoms with Gasteiger partial charge >= 0.3 is 10.2 Å². The molecule has 3 aromatic carbocycles. The Morgan fingerprint density at radius 1 is 0.868 bits per heavy atom. The van der Waals surface area contributed by atoms with E-state index in [2.05, 4.69) is 5.32 Å². The molecular formula is C27H30F2N4O4S. The number of halogens is 2. The fourth-order valence-electron chi connectivity index (χ4n) is 3.86. The van der Waals surface area contributed by atoms with E-state index in [1.165, 1.54) is 68.5 Å². The molecule has 0 fully saturated rings. The van der Waals surface area contributed by atoms with Crippen LogP contribution in [0.5, 0.6) is 0 Å². The summed E-state index contributed by atoms with van der Waals surface area (Å²) in [7, 11) is -0.328. The summed E-state index contributed by atoms with van der Waals surface area (Å²) in [6, 6.07) is 18.6. The highest BCUT2D eigenvalue weighted by molar-refractivity contribution is 7.90. The smallest absolute Gasteiger partial charge is 0.304 e. The fraction of sp³-hybridized carbons (Fsp3) is 0.259. The van der Waals surface area contributed by atoms with Gasteiger partial charge in [-0.25, -0.2) is 13.1 Å². The van der Waals surface area contributed by atoms with E-state index in [1.54, 1.807) is 24.3 Å². The van der Waals surface area contributed by atoms with Crippen molar-refractivity contribution in [2.45, 2.75) is 19.0 Å². The minimum Gasteiger partial charge on any atom is -0.357 e. The highest BCUT2D eigenvalue weighted by Gasteiger charge is 2.35. The molecule has 3 aromatic rings. The van der Waals surface area contributed by atoms with Crippen molar-refractivity contribution in [2.75, 3.05) is 32.0 Å². The third-order valence-corrected chi connectivity index (χ3v) is 7.73. The van der Waals surface area contributed by atoms with E-state index >= 15 is 0 Å². The summed E-state index contributed by atoms with van der Waals surface area (Å²) in [5, 5.41) is 2.57. The zero-order valence-electron chi connectivity index (χ0n) is 21.3. The van der Waals surface area contributed by atoms with Crippen molar-refractivity contribution >= 4 is 27.7 Å². The van der Waals surface area contributed by atoms with Gasteiger partial charge in [-0.3, -0.25) is 9.59 Å². The molecular weight excluding hydrogens is 514 g/mol. The van der Waals surface area contributed by atoms with Crippen molar-refractivity contribution in [3.05, 3.63) is 102 Å². The Morgan fingerprint density at radius 2 is 1.47 bits per heavy atom. The molecule has 0 bridgehead atoms. The molecule has 0 aliphatic carbocycles. The summed E-state index contributed by atoms with van der Waals surface area (Å²) in [5.74, 6) is -2.52. The third kappa shape index (κ3) is 6.93. The van der Waals surface area contributed by atoms with Crippen LogP contribution in [0.15, 0.2) is 78.9 Å². The Hall–Kier alpha value is -3.83. The van der Waals surface area contributed by atoms with Gasteiger partial charge in [-0.1, -0.05) is 54.6 Å². The molecule has 0 heterocycles. The Bertz CT molecular complexity index is 1350. The molecule has 38 heavy (non-hydrogen) atoms. The quantitative estimate of drug-likeness (QED) is 0.402. The number of hydrogen-bond donors (Lipinski definition) is 1. The minimum absolute atomic E-state index is 0.114. The highest BCUT2D eigenvalue weighted by Crippen LogP contribution is 2.24. The maximum atomic E-state index is 14.7. The number of carbonyl (C=O) groups is 2. The summed E-state index contributed by atoms with van der Waals surface area (Å²) in [6.07, 6.45) is 0.133. The Kier molecular flexibility index (Phi) is 9.54. The summed E-state index contributed by atoms with van der Waals surface area (Å²) in [5.41, 5.74) is 0.982. The standard InChI is InChI=1S/C27H30F2N4O4S/c1-30-27(35)25(17-20-9-5-4-6-10-20)32(18-21-13-15-22(28)16-14-21)26(34)19-33(38(36,37)31(2)3)24-12-8-7-11-23(24)29/h4-16,25H,17-19H2,1-3H3,(H,30,35). The number of carbonyl (C=O) groups excluding carboxylic acids is 2. The average molecular weight is 545 g/mol. The second-order valence-electron chi connectivity index (χ2n) is 8.72. The van der Waals surface area contributed by atoms with Crippen LogP contribution in [-0.4, -0.2) is 63.2 Å². The topological polar surface area (TPSA) is 90.0 Å². The van der Waals surface area contributed by atoms with Gasteiger partial charge in [0.05, 0.1) is 5.69 Å². The van der Waals surface area contributed by atoms with E-state index in [9.17, 15) is 26.8 Å². The van der Waals surface area contributed by atoms with Crippen LogP contribution in [0.1, 0.15) is 11.1 Å². The van der Waals surface area contributed by atoms with Gasteiger partial charge in [-0.2, -0.15) is 12.7 Å². The van der Waals surface area contributed by atoms with Gasteiger partial charge in [-0.15, -0.1) is 0 Å². The van der Waals surface area contributed by atoms with Crippen molar-refractivity contribution < 1.29 is 26.8 Å². The molecule has 0 radical (unpaired) electrons. The number of amides is 2. The first-order valence-electron chi connectivity index (χ1n) is 11.8. The van der Waals surface area contributed by atoms with Gasteiger partial charge in [-0.05, 0) is 35.4 Å². The largest absolute Gasteiger partial charge is 0.357 e. The lowest BCUT2D eigenvalue weighted by Gasteiger charge is -2.34. The highest BCUT2D eigenvalue weighted by atomic mass is 32.2. The lowest BCUT2D eigenvalue weighted by Crippen LogP contribution is -2.54. The van der Waals surface area contributed by atoms with Gasteiger partial charge in [0.2, 0.25) is 11.8 Å². The van der Waals surface area contributed by atoms with Crippen molar-refractivity contribution in [2.24, 2.45) is 0 Å². The number of rotatable bonds is 11. The summed E-state index contributed by atoms with van der Waals surface area (Å²) >= 11 is 0. The predicted octanol–water partition coefficient (Wildman–Crippen LogP) is 2.96. The Balaban J connectivity index is 2.07. The molecule has 202 valence electrons. The number of anilines is 1. The molecule has 0 saturated carbocycles. The zero-order chi connectivity index (χ0) is 27.9. The van der Waals surface area contributed by atoms with Gasteiger partial charge < -0.3 is 10.2 Å². The van der Waals surface area contributed by atoms with Crippen LogP contribution in [0.4, 0.5) is 14.5 Å². The molecule has 2 amide bonds. The number of nitrogens with one attached hydrogen (secondary N) is 1. The number of benzene rings is 3. The maximum Gasteiger partial charge on any atom is 0.304 e. The van der Waals surface area contributed by atoms with E-state index < -0.39 is 46.2 Å². The van der Waals surface area contributed by atoms with Crippen LogP contribution in [0.25, 0.3) is 0 Å². The number of para-hydroxylation sites is 1. The third-order valence-electron chi connectivity index (χ3n) is 5.92. The number of likely N-dealkylation sites (N-methyl/N-ethyl adjacent to an activating group) is 1. The Morgan fingerprint density at radius 3 is 2.05 bits per heavy atom. The first kappa shape index (κ1) is 28.7. The molecule has 0 spiro atoms. The lowest BCUT2D eigenvalue weighted by atomic mass is 10.0. The second-order valence-corrected chi connectivity index (χ2v) is 10.8. The van der Waals surface area contributed by atoms with E-state index in [0.29, 0.717) is 9.87 Å². The predicted molar refractivity (Wildman–Crippen MR) is 141 cm³/mol. The van der Waals surface area contributed by atoms with Crippen LogP contribution < -0.4 is 9.62 Å². The van der Waals surface area contributed by atoms with E-state index in [1.807, 2.05) is 6.07 Å². The van der Waals surface area contributed by atoms with E-state index in [0.717, 1.165) is 15.9 Å². The monoisotopic (exact) mass is 544 g/mol. The molecule has 0 saturated heterocycles.